The molecule has 3 aliphatic heterocycles. The Morgan fingerprint density at radius 1 is 1.10 bits per heavy atom. The molecule has 1 saturated heterocycles. The molecule has 1 amide bonds. The Kier molecular flexibility index (Phi) is 7.25. The summed E-state index contributed by atoms with van der Waals surface area (Å²) >= 11 is 6.42. The molecule has 0 aromatic heterocycles. The van der Waals surface area contributed by atoms with Gasteiger partial charge in [0.15, 0.2) is 0 Å². The number of fused-ring (bicyclic) bond motifs is 7. The second-order valence-corrected chi connectivity index (χ2v) is 15.3. The van der Waals surface area contributed by atoms with Gasteiger partial charge in [0.25, 0.3) is 5.91 Å². The molecular weight excluding hydrogens is 560 g/mol. The number of halogens is 1. The summed E-state index contributed by atoms with van der Waals surface area (Å²) in [4.78, 5) is 15.8. The molecule has 6 atom stereocenters. The van der Waals surface area contributed by atoms with Gasteiger partial charge in [0.1, 0.15) is 5.75 Å². The third kappa shape index (κ3) is 5.37. The largest absolute Gasteiger partial charge is 0.490 e. The van der Waals surface area contributed by atoms with Crippen LogP contribution < -0.4 is 14.4 Å². The van der Waals surface area contributed by atoms with Gasteiger partial charge in [-0.3, -0.25) is 9.52 Å². The fraction of sp³-hybridized carbons (Fsp3) is 0.562. The zero-order valence-electron chi connectivity index (χ0n) is 23.4. The van der Waals surface area contributed by atoms with Crippen LogP contribution in [0.5, 0.6) is 5.75 Å². The van der Waals surface area contributed by atoms with Crippen LogP contribution in [-0.2, 0) is 31.0 Å². The molecule has 7 rings (SSSR count). The number of aryl methyl sites for hydroxylation is 1. The molecule has 2 fully saturated rings. The van der Waals surface area contributed by atoms with E-state index in [-0.39, 0.29) is 29.3 Å². The first-order chi connectivity index (χ1) is 19.8. The Labute approximate surface area is 248 Å². The van der Waals surface area contributed by atoms with Gasteiger partial charge in [0.2, 0.25) is 0 Å². The first-order valence-electron chi connectivity index (χ1n) is 15.0. The molecule has 5 aliphatic rings. The molecule has 9 heteroatoms. The SMILES string of the molecule is C=S1(=O)CCO[C@H]2CCO[C@@H](C2)[C@@H]2CC[C@H]2CN2C[C@@]3(CCCc4cc(Cl)ccc43)COc3ccc(cc32)C(=O)N1. The number of benzene rings is 2. The minimum atomic E-state index is -2.86. The molecule has 3 heterocycles. The Morgan fingerprint density at radius 2 is 2.00 bits per heavy atom. The minimum absolute atomic E-state index is 0.0774. The van der Waals surface area contributed by atoms with Crippen molar-refractivity contribution in [2.45, 2.75) is 62.6 Å². The van der Waals surface area contributed by atoms with E-state index < -0.39 is 9.71 Å². The van der Waals surface area contributed by atoms with Gasteiger partial charge in [-0.25, -0.2) is 4.21 Å². The fourth-order valence-corrected chi connectivity index (χ4v) is 8.84. The molecule has 1 N–H and O–H groups in total. The number of rotatable bonds is 0. The van der Waals surface area contributed by atoms with Crippen LogP contribution in [-0.4, -0.2) is 66.9 Å². The lowest BCUT2D eigenvalue weighted by Crippen LogP contribution is -2.51. The van der Waals surface area contributed by atoms with E-state index >= 15 is 0 Å². The summed E-state index contributed by atoms with van der Waals surface area (Å²) in [5, 5.41) is 0.772. The molecule has 4 bridgehead atoms. The monoisotopic (exact) mass is 598 g/mol. The first-order valence-corrected chi connectivity index (χ1v) is 17.3. The summed E-state index contributed by atoms with van der Waals surface area (Å²) in [5.74, 6) is 5.38. The first kappa shape index (κ1) is 27.6. The number of amides is 1. The molecule has 0 radical (unpaired) electrons. The van der Waals surface area contributed by atoms with Crippen LogP contribution in [0.2, 0.25) is 5.02 Å². The molecule has 7 nitrogen and oxygen atoms in total. The molecule has 2 aromatic carbocycles. The van der Waals surface area contributed by atoms with E-state index in [4.69, 9.17) is 25.8 Å². The van der Waals surface area contributed by atoms with Crippen LogP contribution in [0.4, 0.5) is 5.69 Å². The van der Waals surface area contributed by atoms with Crippen LogP contribution in [0, 0.1) is 11.8 Å². The highest BCUT2D eigenvalue weighted by molar-refractivity contribution is 7.99. The molecule has 220 valence electrons. The van der Waals surface area contributed by atoms with E-state index in [0.717, 1.165) is 74.5 Å². The Balaban J connectivity index is 1.28. The van der Waals surface area contributed by atoms with Gasteiger partial charge < -0.3 is 19.1 Å². The number of nitrogens with one attached hydrogen (secondary N) is 1. The second-order valence-electron chi connectivity index (χ2n) is 12.7. The highest BCUT2D eigenvalue weighted by atomic mass is 35.5. The molecule has 1 saturated carbocycles. The van der Waals surface area contributed by atoms with E-state index in [2.05, 4.69) is 27.6 Å². The maximum absolute atomic E-state index is 13.3. The second kappa shape index (κ2) is 10.8. The summed E-state index contributed by atoms with van der Waals surface area (Å²) in [6.07, 6.45) is 7.38. The Hall–Kier alpha value is -2.26. The topological polar surface area (TPSA) is 77.1 Å². The van der Waals surface area contributed by atoms with Crippen molar-refractivity contribution in [3.63, 3.8) is 0 Å². The summed E-state index contributed by atoms with van der Waals surface area (Å²) in [7, 11) is -2.86. The van der Waals surface area contributed by atoms with Crippen LogP contribution >= 0.6 is 11.6 Å². The van der Waals surface area contributed by atoms with Crippen molar-refractivity contribution in [2.24, 2.45) is 11.8 Å². The smallest absolute Gasteiger partial charge is 0.262 e. The third-order valence-corrected chi connectivity index (χ3v) is 11.6. The number of carbonyl (C=O) groups excluding carboxylic acids is 1. The van der Waals surface area contributed by atoms with Crippen molar-refractivity contribution in [1.29, 1.82) is 0 Å². The van der Waals surface area contributed by atoms with E-state index in [1.54, 1.807) is 6.07 Å². The van der Waals surface area contributed by atoms with Crippen LogP contribution in [0.1, 0.15) is 60.0 Å². The van der Waals surface area contributed by atoms with Crippen LogP contribution in [0.3, 0.4) is 0 Å². The van der Waals surface area contributed by atoms with E-state index in [1.165, 1.54) is 11.1 Å². The van der Waals surface area contributed by atoms with E-state index in [1.807, 2.05) is 18.2 Å². The van der Waals surface area contributed by atoms with Crippen molar-refractivity contribution in [3.8, 4) is 5.75 Å². The molecule has 1 unspecified atom stereocenters. The summed E-state index contributed by atoms with van der Waals surface area (Å²) in [6, 6.07) is 11.9. The third-order valence-electron chi connectivity index (χ3n) is 10.0. The van der Waals surface area contributed by atoms with Gasteiger partial charge in [-0.15, -0.1) is 0 Å². The van der Waals surface area contributed by atoms with Crippen molar-refractivity contribution < 1.29 is 23.2 Å². The number of ether oxygens (including phenoxy) is 3. The standard InChI is InChI=1S/C32H39ClN2O5S/c1-41(37)14-13-38-25-10-12-39-30(17-25)26-7-4-23(26)18-35-19-32(11-2-3-21-15-24(33)6-8-27(21)32)20-40-29-9-5-22(16-28(29)35)31(36)34-41/h5-6,8-9,15-16,23,25-26,30H,1-4,7,10-14,17-20H2,(H,34,36,37)/t23-,25-,26+,30-,32-,41?/m0/s1. The van der Waals surface area contributed by atoms with Gasteiger partial charge in [-0.2, -0.15) is 0 Å². The maximum atomic E-state index is 13.3. The molecule has 2 aliphatic carbocycles. The molecule has 1 spiro atoms. The fourth-order valence-electron chi connectivity index (χ4n) is 7.72. The van der Waals surface area contributed by atoms with Gasteiger partial charge in [-0.05, 0) is 97.7 Å². The quantitative estimate of drug-likeness (QED) is 0.440. The van der Waals surface area contributed by atoms with Crippen molar-refractivity contribution in [3.05, 3.63) is 58.1 Å². The Morgan fingerprint density at radius 3 is 2.85 bits per heavy atom. The van der Waals surface area contributed by atoms with Crippen molar-refractivity contribution in [2.75, 3.05) is 43.6 Å². The number of hydrogen-bond donors (Lipinski definition) is 1. The lowest BCUT2D eigenvalue weighted by molar-refractivity contribution is -0.115. The zero-order valence-corrected chi connectivity index (χ0v) is 25.0. The summed E-state index contributed by atoms with van der Waals surface area (Å²) in [5.41, 5.74) is 3.83. The van der Waals surface area contributed by atoms with Gasteiger partial charge in [0, 0.05) is 51.8 Å². The minimum Gasteiger partial charge on any atom is -0.490 e. The zero-order chi connectivity index (χ0) is 28.2. The average Bonchev–Trinajstić information content (AvgIpc) is 3.07. The molecule has 41 heavy (non-hydrogen) atoms. The summed E-state index contributed by atoms with van der Waals surface area (Å²) in [6.45, 7) is 3.22. The molecule has 2 aromatic rings. The van der Waals surface area contributed by atoms with Crippen LogP contribution in [0.15, 0.2) is 36.4 Å². The predicted molar refractivity (Wildman–Crippen MR) is 163 cm³/mol. The highest BCUT2D eigenvalue weighted by Gasteiger charge is 2.45. The average molecular weight is 599 g/mol. The van der Waals surface area contributed by atoms with Crippen LogP contribution in [0.25, 0.3) is 0 Å². The Bertz CT molecular complexity index is 1450. The lowest BCUT2D eigenvalue weighted by atomic mass is 9.67. The lowest BCUT2D eigenvalue weighted by Gasteiger charge is -2.48. The van der Waals surface area contributed by atoms with Crippen molar-refractivity contribution >= 4 is 38.8 Å². The normalized spacial score (nSPS) is 35.2. The van der Waals surface area contributed by atoms with E-state index in [0.29, 0.717) is 37.2 Å². The van der Waals surface area contributed by atoms with Crippen molar-refractivity contribution in [1.82, 2.24) is 4.72 Å². The highest BCUT2D eigenvalue weighted by Crippen LogP contribution is 2.47. The summed E-state index contributed by atoms with van der Waals surface area (Å²) < 4.78 is 35.0. The maximum Gasteiger partial charge on any atom is 0.262 e. The van der Waals surface area contributed by atoms with Gasteiger partial charge in [0.05, 0.1) is 36.9 Å². The van der Waals surface area contributed by atoms with E-state index in [9.17, 15) is 9.00 Å². The predicted octanol–water partition coefficient (Wildman–Crippen LogP) is 4.78. The number of anilines is 1. The van der Waals surface area contributed by atoms with Gasteiger partial charge in [-0.1, -0.05) is 17.7 Å². The molecular formula is C32H39ClN2O5S. The number of hydrogen-bond acceptors (Lipinski definition) is 6. The van der Waals surface area contributed by atoms with Gasteiger partial charge >= 0.3 is 0 Å². The number of nitrogens with zero attached hydrogens (tertiary/aromatic N) is 1. The number of carbonyl (C=O) groups is 1.